The maximum absolute atomic E-state index is 12.1. The molecule has 23 heavy (non-hydrogen) atoms. The highest BCUT2D eigenvalue weighted by atomic mass is 35.5. The van der Waals surface area contributed by atoms with Crippen LogP contribution in [0.5, 0.6) is 0 Å². The number of imide groups is 1. The fraction of sp³-hybridized carbons (Fsp3) is 0.400. The summed E-state index contributed by atoms with van der Waals surface area (Å²) < 4.78 is 0. The molecule has 1 aliphatic rings. The van der Waals surface area contributed by atoms with Crippen LogP contribution in [-0.4, -0.2) is 54.3 Å². The van der Waals surface area contributed by atoms with Gasteiger partial charge in [-0.05, 0) is 18.2 Å². The molecule has 2 N–H and O–H groups in total. The SMILES string of the molecule is CCNCc1ccccc1NC(=O)CN1C(=O)CN(C)C1=O.Cl. The van der Waals surface area contributed by atoms with Crippen LogP contribution in [0.15, 0.2) is 24.3 Å². The van der Waals surface area contributed by atoms with Crippen molar-refractivity contribution < 1.29 is 14.4 Å². The molecule has 7 nitrogen and oxygen atoms in total. The first-order chi connectivity index (χ1) is 10.5. The highest BCUT2D eigenvalue weighted by Gasteiger charge is 2.34. The number of likely N-dealkylation sites (N-methyl/N-ethyl adjacent to an activating group) is 1. The summed E-state index contributed by atoms with van der Waals surface area (Å²) in [6.07, 6.45) is 0. The second-order valence-electron chi connectivity index (χ2n) is 5.10. The molecule has 8 heteroatoms. The minimum Gasteiger partial charge on any atom is -0.324 e. The molecule has 0 aliphatic carbocycles. The Morgan fingerprint density at radius 3 is 2.57 bits per heavy atom. The van der Waals surface area contributed by atoms with Gasteiger partial charge in [-0.2, -0.15) is 0 Å². The lowest BCUT2D eigenvalue weighted by Gasteiger charge is -2.15. The van der Waals surface area contributed by atoms with Crippen molar-refractivity contribution in [1.82, 2.24) is 15.1 Å². The summed E-state index contributed by atoms with van der Waals surface area (Å²) in [5.41, 5.74) is 1.63. The number of benzene rings is 1. The number of hydrogen-bond donors (Lipinski definition) is 2. The summed E-state index contributed by atoms with van der Waals surface area (Å²) >= 11 is 0. The van der Waals surface area contributed by atoms with Gasteiger partial charge in [-0.1, -0.05) is 25.1 Å². The molecule has 1 aromatic carbocycles. The smallest absolute Gasteiger partial charge is 0.324 e. The van der Waals surface area contributed by atoms with E-state index in [0.717, 1.165) is 17.0 Å². The van der Waals surface area contributed by atoms with Crippen molar-refractivity contribution in [1.29, 1.82) is 0 Å². The fourth-order valence-electron chi connectivity index (χ4n) is 2.21. The third kappa shape index (κ3) is 4.67. The number of anilines is 1. The normalized spacial score (nSPS) is 14.0. The summed E-state index contributed by atoms with van der Waals surface area (Å²) in [7, 11) is 1.53. The van der Waals surface area contributed by atoms with Gasteiger partial charge in [0.25, 0.3) is 5.91 Å². The first-order valence-corrected chi connectivity index (χ1v) is 7.17. The largest absolute Gasteiger partial charge is 0.327 e. The number of carbonyl (C=O) groups excluding carboxylic acids is 3. The van der Waals surface area contributed by atoms with Crippen molar-refractivity contribution in [3.63, 3.8) is 0 Å². The van der Waals surface area contributed by atoms with E-state index in [1.165, 1.54) is 11.9 Å². The highest BCUT2D eigenvalue weighted by molar-refractivity contribution is 6.06. The van der Waals surface area contributed by atoms with E-state index in [4.69, 9.17) is 0 Å². The molecule has 0 radical (unpaired) electrons. The van der Waals surface area contributed by atoms with E-state index in [1.54, 1.807) is 6.07 Å². The summed E-state index contributed by atoms with van der Waals surface area (Å²) in [6.45, 7) is 3.21. The molecule has 1 aromatic rings. The van der Waals surface area contributed by atoms with Gasteiger partial charge in [0.1, 0.15) is 13.1 Å². The lowest BCUT2D eigenvalue weighted by atomic mass is 10.1. The van der Waals surface area contributed by atoms with Crippen molar-refractivity contribution in [2.45, 2.75) is 13.5 Å². The van der Waals surface area contributed by atoms with Crippen LogP contribution in [0, 0.1) is 0 Å². The number of hydrogen-bond acceptors (Lipinski definition) is 4. The van der Waals surface area contributed by atoms with Gasteiger partial charge in [-0.25, -0.2) is 4.79 Å². The molecule has 0 spiro atoms. The van der Waals surface area contributed by atoms with Crippen molar-refractivity contribution in [3.05, 3.63) is 29.8 Å². The summed E-state index contributed by atoms with van der Waals surface area (Å²) in [5, 5.41) is 5.95. The maximum Gasteiger partial charge on any atom is 0.327 e. The van der Waals surface area contributed by atoms with Gasteiger partial charge in [-0.15, -0.1) is 12.4 Å². The van der Waals surface area contributed by atoms with Gasteiger partial charge >= 0.3 is 6.03 Å². The van der Waals surface area contributed by atoms with Gasteiger partial charge in [0.05, 0.1) is 0 Å². The Labute approximate surface area is 141 Å². The summed E-state index contributed by atoms with van der Waals surface area (Å²) in [4.78, 5) is 37.8. The zero-order chi connectivity index (χ0) is 16.1. The number of nitrogens with zero attached hydrogens (tertiary/aromatic N) is 2. The monoisotopic (exact) mass is 340 g/mol. The molecule has 1 heterocycles. The predicted molar refractivity (Wildman–Crippen MR) is 89.4 cm³/mol. The van der Waals surface area contributed by atoms with Gasteiger partial charge in [0.2, 0.25) is 5.91 Å². The zero-order valence-electron chi connectivity index (χ0n) is 13.2. The van der Waals surface area contributed by atoms with E-state index in [-0.39, 0.29) is 37.3 Å². The third-order valence-corrected chi connectivity index (χ3v) is 3.39. The first kappa shape index (κ1) is 18.9. The van der Waals surface area contributed by atoms with Crippen LogP contribution < -0.4 is 10.6 Å². The van der Waals surface area contributed by atoms with E-state index < -0.39 is 6.03 Å². The van der Waals surface area contributed by atoms with Crippen molar-refractivity contribution in [3.8, 4) is 0 Å². The van der Waals surface area contributed by atoms with Crippen LogP contribution >= 0.6 is 12.4 Å². The molecule has 0 saturated carbocycles. The number of rotatable bonds is 6. The van der Waals surface area contributed by atoms with E-state index >= 15 is 0 Å². The lowest BCUT2D eigenvalue weighted by molar-refractivity contribution is -0.129. The average Bonchev–Trinajstić information content (AvgIpc) is 2.73. The Bertz CT molecular complexity index is 594. The Kier molecular flexibility index (Phi) is 6.99. The molecular formula is C15H21ClN4O3. The van der Waals surface area contributed by atoms with E-state index in [2.05, 4.69) is 10.6 Å². The Balaban J connectivity index is 0.00000264. The van der Waals surface area contributed by atoms with Gasteiger partial charge in [-0.3, -0.25) is 14.5 Å². The summed E-state index contributed by atoms with van der Waals surface area (Å²) in [5.74, 6) is -0.746. The predicted octanol–water partition coefficient (Wildman–Crippen LogP) is 1.05. The van der Waals surface area contributed by atoms with Crippen LogP contribution in [0.4, 0.5) is 10.5 Å². The van der Waals surface area contributed by atoms with Gasteiger partial charge in [0.15, 0.2) is 0 Å². The van der Waals surface area contributed by atoms with Gasteiger partial charge in [0, 0.05) is 19.3 Å². The number of halogens is 1. The van der Waals surface area contributed by atoms with E-state index in [1.807, 2.05) is 25.1 Å². The van der Waals surface area contributed by atoms with E-state index in [9.17, 15) is 14.4 Å². The molecule has 0 aromatic heterocycles. The average molecular weight is 341 g/mol. The second-order valence-corrected chi connectivity index (χ2v) is 5.10. The molecule has 2 rings (SSSR count). The maximum atomic E-state index is 12.1. The number of nitrogens with one attached hydrogen (secondary N) is 2. The minimum absolute atomic E-state index is 0. The Morgan fingerprint density at radius 2 is 1.96 bits per heavy atom. The zero-order valence-corrected chi connectivity index (χ0v) is 14.0. The molecule has 126 valence electrons. The topological polar surface area (TPSA) is 81.8 Å². The minimum atomic E-state index is -0.443. The first-order valence-electron chi connectivity index (χ1n) is 7.17. The van der Waals surface area contributed by atoms with Crippen LogP contribution in [0.1, 0.15) is 12.5 Å². The molecular weight excluding hydrogens is 320 g/mol. The van der Waals surface area contributed by atoms with Gasteiger partial charge < -0.3 is 15.5 Å². The van der Waals surface area contributed by atoms with Crippen LogP contribution in [0.3, 0.4) is 0 Å². The second kappa shape index (κ2) is 8.50. The third-order valence-electron chi connectivity index (χ3n) is 3.39. The molecule has 0 bridgehead atoms. The van der Waals surface area contributed by atoms with Crippen LogP contribution in [0.25, 0.3) is 0 Å². The number of amides is 4. The molecule has 4 amide bonds. The van der Waals surface area contributed by atoms with Crippen molar-refractivity contribution >= 4 is 35.9 Å². The molecule has 1 fully saturated rings. The van der Waals surface area contributed by atoms with Crippen molar-refractivity contribution in [2.24, 2.45) is 0 Å². The summed E-state index contributed by atoms with van der Waals surface area (Å²) in [6, 6.07) is 6.99. The number of para-hydroxylation sites is 1. The molecule has 0 unspecified atom stereocenters. The fourth-order valence-corrected chi connectivity index (χ4v) is 2.21. The Morgan fingerprint density at radius 1 is 1.26 bits per heavy atom. The van der Waals surface area contributed by atoms with Crippen LogP contribution in [0.2, 0.25) is 0 Å². The Hall–Kier alpha value is -2.12. The van der Waals surface area contributed by atoms with E-state index in [0.29, 0.717) is 12.2 Å². The van der Waals surface area contributed by atoms with Crippen molar-refractivity contribution in [2.75, 3.05) is 32.0 Å². The highest BCUT2D eigenvalue weighted by Crippen LogP contribution is 2.15. The number of urea groups is 1. The molecule has 1 saturated heterocycles. The standard InChI is InChI=1S/C15H20N4O3.ClH/c1-3-16-8-11-6-4-5-7-12(11)17-13(20)9-19-14(21)10-18(2)15(19)22;/h4-7,16H,3,8-10H2,1-2H3,(H,17,20);1H. The number of carbonyl (C=O) groups is 3. The quantitative estimate of drug-likeness (QED) is 0.758. The molecule has 0 atom stereocenters. The van der Waals surface area contributed by atoms with Crippen LogP contribution in [-0.2, 0) is 16.1 Å². The molecule has 1 aliphatic heterocycles. The lowest BCUT2D eigenvalue weighted by Crippen LogP contribution is -2.38.